The van der Waals surface area contributed by atoms with E-state index >= 15 is 0 Å². The van der Waals surface area contributed by atoms with Crippen LogP contribution in [0, 0.1) is 0 Å². The van der Waals surface area contributed by atoms with Crippen molar-refractivity contribution in [3.8, 4) is 0 Å². The molecule has 0 bridgehead atoms. The molecule has 1 amide bonds. The van der Waals surface area contributed by atoms with Crippen LogP contribution >= 0.6 is 12.6 Å². The van der Waals surface area contributed by atoms with Crippen LogP contribution in [0.4, 0.5) is 0 Å². The highest BCUT2D eigenvalue weighted by atomic mass is 32.1. The summed E-state index contributed by atoms with van der Waals surface area (Å²) in [5, 5.41) is 6.80. The van der Waals surface area contributed by atoms with Gasteiger partial charge in [-0.2, -0.15) is 4.68 Å². The van der Waals surface area contributed by atoms with E-state index < -0.39 is 28.7 Å². The molecular weight excluding hydrogens is 272 g/mol. The Bertz CT molecular complexity index is 576. The first-order valence-electron chi connectivity index (χ1n) is 5.31. The molecule has 1 aromatic rings. The van der Waals surface area contributed by atoms with E-state index in [9.17, 15) is 14.4 Å². The zero-order valence-electron chi connectivity index (χ0n) is 10.9. The summed E-state index contributed by atoms with van der Waals surface area (Å²) < 4.78 is 5.73. The maximum atomic E-state index is 11.9. The molecule has 0 spiro atoms. The zero-order valence-corrected chi connectivity index (χ0v) is 11.8. The molecule has 0 aliphatic heterocycles. The number of nitrogens with zero attached hydrogens (tertiary/aromatic N) is 3. The first-order chi connectivity index (χ1) is 8.61. The van der Waals surface area contributed by atoms with Gasteiger partial charge in [-0.1, -0.05) is 0 Å². The van der Waals surface area contributed by atoms with E-state index in [0.29, 0.717) is 0 Å². The number of nitrogens with one attached hydrogen (secondary N) is 1. The smallest absolute Gasteiger partial charge is 0.365 e. The molecule has 0 saturated heterocycles. The fraction of sp³-hybridized carbons (Fsp3) is 0.500. The van der Waals surface area contributed by atoms with Crippen LogP contribution in [0.5, 0.6) is 0 Å². The molecule has 104 valence electrons. The van der Waals surface area contributed by atoms with Crippen molar-refractivity contribution in [1.82, 2.24) is 14.9 Å². The average molecular weight is 286 g/mol. The predicted octanol–water partition coefficient (Wildman–Crippen LogP) is -0.0277. The minimum Gasteiger partial charge on any atom is -0.455 e. The molecule has 1 aromatic heterocycles. The number of esters is 1. The second-order valence-corrected chi connectivity index (χ2v) is 5.06. The lowest BCUT2D eigenvalue weighted by Crippen LogP contribution is -2.39. The molecule has 0 atom stereocenters. The lowest BCUT2D eigenvalue weighted by molar-refractivity contribution is -0.115. The van der Waals surface area contributed by atoms with Crippen molar-refractivity contribution in [1.29, 1.82) is 0 Å². The molecule has 0 unspecified atom stereocenters. The normalized spacial score (nSPS) is 11.0. The average Bonchev–Trinajstić information content (AvgIpc) is 2.21. The van der Waals surface area contributed by atoms with Gasteiger partial charge in [0.15, 0.2) is 0 Å². The third-order valence-corrected chi connectivity index (χ3v) is 2.00. The van der Waals surface area contributed by atoms with E-state index in [1.54, 1.807) is 20.8 Å². The molecule has 8 nitrogen and oxygen atoms in total. The summed E-state index contributed by atoms with van der Waals surface area (Å²) in [6, 6.07) is 0. The van der Waals surface area contributed by atoms with Crippen molar-refractivity contribution in [2.45, 2.75) is 38.5 Å². The Kier molecular flexibility index (Phi) is 4.30. The predicted molar refractivity (Wildman–Crippen MR) is 68.8 cm³/mol. The van der Waals surface area contributed by atoms with Crippen molar-refractivity contribution >= 4 is 24.5 Å². The Morgan fingerprint density at radius 3 is 2.37 bits per heavy atom. The van der Waals surface area contributed by atoms with Crippen molar-refractivity contribution in [3.63, 3.8) is 0 Å². The second kappa shape index (κ2) is 5.39. The molecule has 9 heteroatoms. The Balaban J connectivity index is 3.21. The molecule has 0 saturated carbocycles. The highest BCUT2D eigenvalue weighted by Gasteiger charge is 2.24. The SMILES string of the molecule is CC(=O)Nn1c(S)nnc(C(=O)OC(C)(C)C)c1=O. The minimum absolute atomic E-state index is 0.146. The number of carbonyl (C=O) groups excluding carboxylic acids is 2. The number of hydrogen-bond acceptors (Lipinski definition) is 7. The Labute approximate surface area is 114 Å². The molecule has 1 rings (SSSR count). The monoisotopic (exact) mass is 286 g/mol. The standard InChI is InChI=1S/C10H14N4O4S/c1-5(15)13-14-7(16)6(11-12-9(14)19)8(17)18-10(2,3)4/h1-4H3,(H,12,19)(H,13,15). The van der Waals surface area contributed by atoms with Gasteiger partial charge in [0.25, 0.3) is 0 Å². The molecule has 0 aliphatic carbocycles. The lowest BCUT2D eigenvalue weighted by Gasteiger charge is -2.19. The largest absolute Gasteiger partial charge is 0.455 e. The van der Waals surface area contributed by atoms with Gasteiger partial charge in [-0.15, -0.1) is 22.8 Å². The maximum Gasteiger partial charge on any atom is 0.365 e. The van der Waals surface area contributed by atoms with Gasteiger partial charge in [0.2, 0.25) is 16.8 Å². The Morgan fingerprint density at radius 1 is 1.32 bits per heavy atom. The number of carbonyl (C=O) groups is 2. The van der Waals surface area contributed by atoms with Crippen molar-refractivity contribution < 1.29 is 14.3 Å². The summed E-state index contributed by atoms with van der Waals surface area (Å²) in [5.41, 5.74) is 0.0205. The summed E-state index contributed by atoms with van der Waals surface area (Å²) in [7, 11) is 0. The van der Waals surface area contributed by atoms with Crippen LogP contribution in [0.1, 0.15) is 38.2 Å². The van der Waals surface area contributed by atoms with Gasteiger partial charge in [-0.05, 0) is 20.8 Å². The first-order valence-corrected chi connectivity index (χ1v) is 5.76. The molecular formula is C10H14N4O4S. The quantitative estimate of drug-likeness (QED) is 0.584. The van der Waals surface area contributed by atoms with Gasteiger partial charge >= 0.3 is 11.5 Å². The highest BCUT2D eigenvalue weighted by molar-refractivity contribution is 7.80. The van der Waals surface area contributed by atoms with E-state index in [2.05, 4.69) is 28.3 Å². The van der Waals surface area contributed by atoms with Crippen molar-refractivity contribution in [2.75, 3.05) is 5.43 Å². The number of ether oxygens (including phenoxy) is 1. The van der Waals surface area contributed by atoms with Crippen LogP contribution in [0.2, 0.25) is 0 Å². The summed E-state index contributed by atoms with van der Waals surface area (Å²) in [6.45, 7) is 6.15. The number of rotatable bonds is 2. The van der Waals surface area contributed by atoms with E-state index in [1.807, 2.05) is 0 Å². The topological polar surface area (TPSA) is 103 Å². The van der Waals surface area contributed by atoms with Gasteiger partial charge in [0, 0.05) is 6.92 Å². The van der Waals surface area contributed by atoms with Crippen LogP contribution in [0.15, 0.2) is 9.95 Å². The van der Waals surface area contributed by atoms with Gasteiger partial charge in [-0.3, -0.25) is 15.0 Å². The third-order valence-electron chi connectivity index (χ3n) is 1.71. The van der Waals surface area contributed by atoms with Crippen LogP contribution in [-0.2, 0) is 9.53 Å². The maximum absolute atomic E-state index is 11.9. The van der Waals surface area contributed by atoms with E-state index in [-0.39, 0.29) is 5.16 Å². The van der Waals surface area contributed by atoms with Gasteiger partial charge in [0.1, 0.15) is 5.60 Å². The van der Waals surface area contributed by atoms with Crippen molar-refractivity contribution in [2.24, 2.45) is 0 Å². The van der Waals surface area contributed by atoms with Crippen molar-refractivity contribution in [3.05, 3.63) is 16.0 Å². The molecule has 1 N–H and O–H groups in total. The number of hydrogen-bond donors (Lipinski definition) is 2. The lowest BCUT2D eigenvalue weighted by atomic mass is 10.2. The third kappa shape index (κ3) is 4.05. The van der Waals surface area contributed by atoms with Gasteiger partial charge < -0.3 is 4.74 Å². The van der Waals surface area contributed by atoms with E-state index in [0.717, 1.165) is 4.68 Å². The summed E-state index contributed by atoms with van der Waals surface area (Å²) >= 11 is 3.87. The Hall–Kier alpha value is -1.90. The number of amides is 1. The fourth-order valence-electron chi connectivity index (χ4n) is 1.09. The Morgan fingerprint density at radius 2 is 1.89 bits per heavy atom. The molecule has 1 heterocycles. The number of thiol groups is 1. The second-order valence-electron chi connectivity index (χ2n) is 4.66. The minimum atomic E-state index is -0.919. The molecule has 0 radical (unpaired) electrons. The molecule has 0 aliphatic rings. The van der Waals surface area contributed by atoms with Crippen LogP contribution in [-0.4, -0.2) is 32.4 Å². The molecule has 0 aromatic carbocycles. The first kappa shape index (κ1) is 15.2. The van der Waals surface area contributed by atoms with E-state index in [1.165, 1.54) is 6.92 Å². The molecule has 0 fully saturated rings. The zero-order chi connectivity index (χ0) is 14.8. The van der Waals surface area contributed by atoms with Gasteiger partial charge in [0.05, 0.1) is 0 Å². The van der Waals surface area contributed by atoms with Crippen LogP contribution in [0.3, 0.4) is 0 Å². The summed E-state index contributed by atoms with van der Waals surface area (Å²) in [5.74, 6) is -1.43. The fourth-order valence-corrected chi connectivity index (χ4v) is 1.28. The highest BCUT2D eigenvalue weighted by Crippen LogP contribution is 2.09. The summed E-state index contributed by atoms with van der Waals surface area (Å²) in [4.78, 5) is 34.7. The summed E-state index contributed by atoms with van der Waals surface area (Å²) in [6.07, 6.45) is 0. The van der Waals surface area contributed by atoms with Crippen LogP contribution in [0.25, 0.3) is 0 Å². The van der Waals surface area contributed by atoms with Gasteiger partial charge in [-0.25, -0.2) is 4.79 Å². The van der Waals surface area contributed by atoms with E-state index in [4.69, 9.17) is 4.74 Å². The molecule has 19 heavy (non-hydrogen) atoms. The number of aromatic nitrogens is 3. The van der Waals surface area contributed by atoms with Crippen LogP contribution < -0.4 is 11.0 Å².